The van der Waals surface area contributed by atoms with Gasteiger partial charge in [-0.25, -0.2) is 13.1 Å². The van der Waals surface area contributed by atoms with Crippen molar-refractivity contribution in [3.63, 3.8) is 0 Å². The summed E-state index contributed by atoms with van der Waals surface area (Å²) in [5.74, 6) is 1.65. The molecule has 3 rings (SSSR count). The van der Waals surface area contributed by atoms with Crippen molar-refractivity contribution >= 4 is 21.6 Å². The number of likely N-dealkylation sites (tertiary alicyclic amines) is 1. The van der Waals surface area contributed by atoms with Crippen molar-refractivity contribution in [1.82, 2.24) is 4.72 Å². The van der Waals surface area contributed by atoms with Crippen LogP contribution in [0, 0.1) is 11.8 Å². The van der Waals surface area contributed by atoms with E-state index >= 15 is 0 Å². The number of benzene rings is 1. The Morgan fingerprint density at radius 3 is 2.61 bits per heavy atom. The smallest absolute Gasteiger partial charge is 0.279 e. The van der Waals surface area contributed by atoms with E-state index in [0.29, 0.717) is 29.8 Å². The number of piperidine rings is 1. The standard InChI is InChI=1S/C20H27N3O4S/c1-15-9-16(2)13-23(12-15)14-20(24)22-17-5-3-7-19(10-17)28(25,26)21-11-18-6-4-8-27-18/h3-8,10,15-16,21H,9,11-14H2,1-2H3,(H,22,24)/p+1/t15-,16-/m0/s1. The third-order valence-corrected chi connectivity index (χ3v) is 6.33. The molecule has 1 amide bonds. The van der Waals surface area contributed by atoms with Gasteiger partial charge in [0.1, 0.15) is 5.76 Å². The Kier molecular flexibility index (Phi) is 6.53. The minimum atomic E-state index is -3.70. The molecule has 0 radical (unpaired) electrons. The second-order valence-electron chi connectivity index (χ2n) is 7.76. The van der Waals surface area contributed by atoms with Crippen LogP contribution < -0.4 is 14.9 Å². The lowest BCUT2D eigenvalue weighted by atomic mass is 9.92. The highest BCUT2D eigenvalue weighted by Gasteiger charge is 2.26. The largest absolute Gasteiger partial charge is 0.468 e. The fourth-order valence-corrected chi connectivity index (χ4v) is 4.94. The van der Waals surface area contributed by atoms with Crippen LogP contribution in [0.1, 0.15) is 26.0 Å². The predicted octanol–water partition coefficient (Wildman–Crippen LogP) is 1.26. The monoisotopic (exact) mass is 406 g/mol. The van der Waals surface area contributed by atoms with Crippen LogP contribution in [0.25, 0.3) is 0 Å². The van der Waals surface area contributed by atoms with Crippen molar-refractivity contribution < 1.29 is 22.5 Å². The highest BCUT2D eigenvalue weighted by Crippen LogP contribution is 2.16. The first-order valence-electron chi connectivity index (χ1n) is 9.57. The zero-order valence-electron chi connectivity index (χ0n) is 16.3. The fraction of sp³-hybridized carbons (Fsp3) is 0.450. The quantitative estimate of drug-likeness (QED) is 0.645. The lowest BCUT2D eigenvalue weighted by Gasteiger charge is -2.31. The Hall–Kier alpha value is -2.16. The molecule has 8 heteroatoms. The first-order chi connectivity index (χ1) is 13.3. The lowest BCUT2D eigenvalue weighted by molar-refractivity contribution is -0.904. The zero-order valence-corrected chi connectivity index (χ0v) is 17.1. The Balaban J connectivity index is 1.60. The first kappa shape index (κ1) is 20.6. The molecular weight excluding hydrogens is 378 g/mol. The van der Waals surface area contributed by atoms with Crippen LogP contribution in [0.4, 0.5) is 5.69 Å². The van der Waals surface area contributed by atoms with E-state index < -0.39 is 10.0 Å². The highest BCUT2D eigenvalue weighted by atomic mass is 32.2. The van der Waals surface area contributed by atoms with E-state index in [1.54, 1.807) is 24.3 Å². The van der Waals surface area contributed by atoms with Crippen LogP contribution in [-0.4, -0.2) is 34.0 Å². The molecule has 0 aliphatic carbocycles. The van der Waals surface area contributed by atoms with Crippen molar-refractivity contribution in [2.75, 3.05) is 25.0 Å². The van der Waals surface area contributed by atoms with Gasteiger partial charge in [0.15, 0.2) is 6.54 Å². The van der Waals surface area contributed by atoms with E-state index in [4.69, 9.17) is 4.42 Å². The number of hydrogen-bond donors (Lipinski definition) is 3. The average Bonchev–Trinajstić information content (AvgIpc) is 3.13. The molecule has 1 aliphatic rings. The normalized spacial score (nSPS) is 22.7. The Morgan fingerprint density at radius 2 is 1.93 bits per heavy atom. The average molecular weight is 407 g/mol. The molecule has 0 saturated carbocycles. The Labute approximate surface area is 166 Å². The molecule has 7 nitrogen and oxygen atoms in total. The molecule has 1 aromatic carbocycles. The molecule has 1 aliphatic heterocycles. The van der Waals surface area contributed by atoms with Crippen LogP contribution >= 0.6 is 0 Å². The topological polar surface area (TPSA) is 92.9 Å². The van der Waals surface area contributed by atoms with Gasteiger partial charge in [0.25, 0.3) is 5.91 Å². The summed E-state index contributed by atoms with van der Waals surface area (Å²) in [7, 11) is -3.70. The summed E-state index contributed by atoms with van der Waals surface area (Å²) in [4.78, 5) is 13.8. The van der Waals surface area contributed by atoms with Crippen molar-refractivity contribution in [2.24, 2.45) is 11.8 Å². The van der Waals surface area contributed by atoms with Crippen molar-refractivity contribution in [3.8, 4) is 0 Å². The van der Waals surface area contributed by atoms with Gasteiger partial charge in [0, 0.05) is 17.5 Å². The zero-order chi connectivity index (χ0) is 20.1. The number of anilines is 1. The molecule has 0 bridgehead atoms. The van der Waals surface area contributed by atoms with E-state index in [1.165, 1.54) is 29.7 Å². The number of nitrogens with one attached hydrogen (secondary N) is 3. The number of amides is 1. The molecule has 2 atom stereocenters. The number of furan rings is 1. The summed E-state index contributed by atoms with van der Waals surface area (Å²) in [6.07, 6.45) is 2.70. The van der Waals surface area contributed by atoms with Crippen molar-refractivity contribution in [2.45, 2.75) is 31.7 Å². The van der Waals surface area contributed by atoms with E-state index in [0.717, 1.165) is 13.1 Å². The van der Waals surface area contributed by atoms with E-state index in [2.05, 4.69) is 23.9 Å². The van der Waals surface area contributed by atoms with Crippen LogP contribution in [0.5, 0.6) is 0 Å². The van der Waals surface area contributed by atoms with Gasteiger partial charge >= 0.3 is 0 Å². The molecule has 2 aromatic rings. The minimum absolute atomic E-state index is 0.0700. The third kappa shape index (κ3) is 5.67. The number of hydrogen-bond acceptors (Lipinski definition) is 4. The summed E-state index contributed by atoms with van der Waals surface area (Å²) in [6, 6.07) is 9.68. The predicted molar refractivity (Wildman–Crippen MR) is 106 cm³/mol. The van der Waals surface area contributed by atoms with Gasteiger partial charge in [-0.3, -0.25) is 4.79 Å². The summed E-state index contributed by atoms with van der Waals surface area (Å²) in [6.45, 7) is 6.88. The van der Waals surface area contributed by atoms with Gasteiger partial charge in [0.2, 0.25) is 10.0 Å². The number of rotatable bonds is 7. The van der Waals surface area contributed by atoms with Gasteiger partial charge < -0.3 is 14.6 Å². The summed E-state index contributed by atoms with van der Waals surface area (Å²) < 4.78 is 32.6. The van der Waals surface area contributed by atoms with Gasteiger partial charge in [-0.15, -0.1) is 0 Å². The molecule has 0 unspecified atom stereocenters. The summed E-state index contributed by atoms with van der Waals surface area (Å²) in [5.41, 5.74) is 0.475. The minimum Gasteiger partial charge on any atom is -0.468 e. The number of carbonyl (C=O) groups is 1. The van der Waals surface area contributed by atoms with E-state index in [-0.39, 0.29) is 17.3 Å². The highest BCUT2D eigenvalue weighted by molar-refractivity contribution is 7.89. The maximum absolute atomic E-state index is 12.5. The van der Waals surface area contributed by atoms with E-state index in [9.17, 15) is 13.2 Å². The molecular formula is C20H28N3O4S+. The number of carbonyl (C=O) groups excluding carboxylic acids is 1. The van der Waals surface area contributed by atoms with Crippen molar-refractivity contribution in [1.29, 1.82) is 0 Å². The van der Waals surface area contributed by atoms with E-state index in [1.807, 2.05) is 0 Å². The van der Waals surface area contributed by atoms with Gasteiger partial charge in [0.05, 0.1) is 30.8 Å². The molecule has 1 aromatic heterocycles. The molecule has 2 heterocycles. The Bertz CT molecular complexity index is 886. The second-order valence-corrected chi connectivity index (χ2v) is 9.53. The molecule has 3 N–H and O–H groups in total. The number of quaternary nitrogens is 1. The Morgan fingerprint density at radius 1 is 1.18 bits per heavy atom. The molecule has 1 fully saturated rings. The summed E-state index contributed by atoms with van der Waals surface area (Å²) in [5, 5.41) is 2.83. The number of sulfonamides is 1. The van der Waals surface area contributed by atoms with Gasteiger partial charge in [-0.2, -0.15) is 0 Å². The second kappa shape index (κ2) is 8.89. The van der Waals surface area contributed by atoms with Crippen LogP contribution in [0.2, 0.25) is 0 Å². The maximum Gasteiger partial charge on any atom is 0.279 e. The van der Waals surface area contributed by atoms with Crippen molar-refractivity contribution in [3.05, 3.63) is 48.4 Å². The third-order valence-electron chi connectivity index (χ3n) is 4.93. The summed E-state index contributed by atoms with van der Waals surface area (Å²) >= 11 is 0. The molecule has 28 heavy (non-hydrogen) atoms. The molecule has 152 valence electrons. The van der Waals surface area contributed by atoms with Gasteiger partial charge in [-0.1, -0.05) is 19.9 Å². The molecule has 1 saturated heterocycles. The van der Waals surface area contributed by atoms with Crippen LogP contribution in [-0.2, 0) is 21.4 Å². The fourth-order valence-electron chi connectivity index (χ4n) is 3.90. The van der Waals surface area contributed by atoms with Crippen LogP contribution in [0.15, 0.2) is 52.0 Å². The first-order valence-corrected chi connectivity index (χ1v) is 11.1. The maximum atomic E-state index is 12.5. The van der Waals surface area contributed by atoms with Gasteiger partial charge in [-0.05, 0) is 36.8 Å². The molecule has 0 spiro atoms. The van der Waals surface area contributed by atoms with Crippen LogP contribution in [0.3, 0.4) is 0 Å². The lowest BCUT2D eigenvalue weighted by Crippen LogP contribution is -3.15. The SMILES string of the molecule is C[C@H]1C[C@H](C)C[NH+](CC(=O)Nc2cccc(S(=O)(=O)NCc3ccco3)c2)C1.